The fourth-order valence-electron chi connectivity index (χ4n) is 1.23. The predicted molar refractivity (Wildman–Crippen MR) is 68.5 cm³/mol. The largest absolute Gasteiger partial charge is 0.396 e. The van der Waals surface area contributed by atoms with Crippen LogP contribution < -0.4 is 15.5 Å². The lowest BCUT2D eigenvalue weighted by molar-refractivity contribution is 0.282. The van der Waals surface area contributed by atoms with Gasteiger partial charge >= 0.3 is 0 Å². The average Bonchev–Trinajstić information content (AvgIpc) is 2.28. The van der Waals surface area contributed by atoms with Crippen molar-refractivity contribution in [3.63, 3.8) is 0 Å². The lowest BCUT2D eigenvalue weighted by Gasteiger charge is -2.16. The van der Waals surface area contributed by atoms with Gasteiger partial charge in [-0.1, -0.05) is 0 Å². The third kappa shape index (κ3) is 4.03. The van der Waals surface area contributed by atoms with Crippen LogP contribution in [0.3, 0.4) is 0 Å². The lowest BCUT2D eigenvalue weighted by atomic mass is 10.2. The van der Waals surface area contributed by atoms with E-state index in [0.717, 1.165) is 0 Å². The first-order valence-electron chi connectivity index (χ1n) is 5.55. The summed E-state index contributed by atoms with van der Waals surface area (Å²) in [6, 6.07) is 0.113. The SMILES string of the molecule is CNc1nc(NC(C)CCO)nc(N(C)C)n1. The monoisotopic (exact) mass is 240 g/mol. The molecule has 0 aliphatic rings. The minimum Gasteiger partial charge on any atom is -0.396 e. The van der Waals surface area contributed by atoms with Crippen LogP contribution in [0.25, 0.3) is 0 Å². The Bertz CT molecular complexity index is 357. The van der Waals surface area contributed by atoms with Crippen LogP contribution in [-0.4, -0.2) is 53.9 Å². The molecule has 7 nitrogen and oxygen atoms in total. The maximum Gasteiger partial charge on any atom is 0.231 e. The first-order chi connectivity index (χ1) is 8.06. The van der Waals surface area contributed by atoms with E-state index in [4.69, 9.17) is 5.11 Å². The Morgan fingerprint density at radius 3 is 2.41 bits per heavy atom. The van der Waals surface area contributed by atoms with Gasteiger partial charge in [-0.05, 0) is 13.3 Å². The first kappa shape index (κ1) is 13.4. The van der Waals surface area contributed by atoms with Crippen molar-refractivity contribution >= 4 is 17.8 Å². The van der Waals surface area contributed by atoms with Crippen LogP contribution in [-0.2, 0) is 0 Å². The summed E-state index contributed by atoms with van der Waals surface area (Å²) in [4.78, 5) is 14.5. The average molecular weight is 240 g/mol. The summed E-state index contributed by atoms with van der Waals surface area (Å²) in [5.41, 5.74) is 0. The van der Waals surface area contributed by atoms with E-state index in [1.54, 1.807) is 7.05 Å². The van der Waals surface area contributed by atoms with Gasteiger partial charge in [-0.25, -0.2) is 0 Å². The molecule has 1 heterocycles. The van der Waals surface area contributed by atoms with E-state index in [-0.39, 0.29) is 12.6 Å². The molecule has 1 unspecified atom stereocenters. The second-order valence-corrected chi connectivity index (χ2v) is 3.98. The highest BCUT2D eigenvalue weighted by Crippen LogP contribution is 2.12. The maximum atomic E-state index is 8.84. The Morgan fingerprint density at radius 2 is 1.88 bits per heavy atom. The van der Waals surface area contributed by atoms with E-state index in [2.05, 4.69) is 25.6 Å². The summed E-state index contributed by atoms with van der Waals surface area (Å²) in [6.07, 6.45) is 0.651. The van der Waals surface area contributed by atoms with Gasteiger partial charge in [-0.2, -0.15) is 15.0 Å². The highest BCUT2D eigenvalue weighted by atomic mass is 16.3. The number of nitrogens with zero attached hydrogens (tertiary/aromatic N) is 4. The van der Waals surface area contributed by atoms with Gasteiger partial charge in [0.05, 0.1) is 0 Å². The molecule has 17 heavy (non-hydrogen) atoms. The van der Waals surface area contributed by atoms with E-state index in [0.29, 0.717) is 24.3 Å². The van der Waals surface area contributed by atoms with E-state index in [1.165, 1.54) is 0 Å². The molecule has 1 aromatic rings. The van der Waals surface area contributed by atoms with Gasteiger partial charge in [-0.3, -0.25) is 0 Å². The Balaban J connectivity index is 2.87. The summed E-state index contributed by atoms with van der Waals surface area (Å²) in [5, 5.41) is 14.9. The van der Waals surface area contributed by atoms with Crippen molar-refractivity contribution in [3.8, 4) is 0 Å². The Hall–Kier alpha value is -1.63. The molecular weight excluding hydrogens is 220 g/mol. The highest BCUT2D eigenvalue weighted by molar-refractivity contribution is 5.42. The van der Waals surface area contributed by atoms with Gasteiger partial charge < -0.3 is 20.6 Å². The summed E-state index contributed by atoms with van der Waals surface area (Å²) in [6.45, 7) is 2.10. The standard InChI is InChI=1S/C10H20N6O/c1-7(5-6-17)12-9-13-8(11-2)14-10(15-9)16(3)4/h7,17H,5-6H2,1-4H3,(H2,11,12,13,14,15). The van der Waals surface area contributed by atoms with Crippen molar-refractivity contribution in [2.45, 2.75) is 19.4 Å². The number of aliphatic hydroxyl groups is 1. The van der Waals surface area contributed by atoms with Gasteiger partial charge in [0.25, 0.3) is 0 Å². The van der Waals surface area contributed by atoms with Crippen LogP contribution in [0.15, 0.2) is 0 Å². The molecule has 0 radical (unpaired) electrons. The van der Waals surface area contributed by atoms with Gasteiger partial charge in [0.15, 0.2) is 0 Å². The first-order valence-corrected chi connectivity index (χ1v) is 5.55. The highest BCUT2D eigenvalue weighted by Gasteiger charge is 2.09. The number of nitrogens with one attached hydrogen (secondary N) is 2. The minimum absolute atomic E-state index is 0.113. The normalized spacial score (nSPS) is 12.1. The third-order valence-electron chi connectivity index (χ3n) is 2.18. The molecule has 0 amide bonds. The summed E-state index contributed by atoms with van der Waals surface area (Å²) < 4.78 is 0. The maximum absolute atomic E-state index is 8.84. The van der Waals surface area contributed by atoms with Crippen molar-refractivity contribution in [1.29, 1.82) is 0 Å². The fraction of sp³-hybridized carbons (Fsp3) is 0.700. The molecule has 0 aliphatic carbocycles. The van der Waals surface area contributed by atoms with Crippen molar-refractivity contribution in [2.24, 2.45) is 0 Å². The van der Waals surface area contributed by atoms with E-state index in [1.807, 2.05) is 25.9 Å². The molecule has 7 heteroatoms. The summed E-state index contributed by atoms with van der Waals surface area (Å²) in [7, 11) is 5.50. The van der Waals surface area contributed by atoms with Gasteiger partial charge in [0.1, 0.15) is 0 Å². The van der Waals surface area contributed by atoms with Gasteiger partial charge in [0.2, 0.25) is 17.8 Å². The molecule has 0 saturated carbocycles. The molecule has 1 aromatic heterocycles. The molecule has 1 atom stereocenters. The van der Waals surface area contributed by atoms with Crippen LogP contribution in [0.1, 0.15) is 13.3 Å². The van der Waals surface area contributed by atoms with E-state index < -0.39 is 0 Å². The number of anilines is 3. The topological polar surface area (TPSA) is 86.2 Å². The molecule has 0 aliphatic heterocycles. The van der Waals surface area contributed by atoms with Crippen molar-refractivity contribution < 1.29 is 5.11 Å². The van der Waals surface area contributed by atoms with Crippen molar-refractivity contribution in [3.05, 3.63) is 0 Å². The van der Waals surface area contributed by atoms with Crippen LogP contribution >= 0.6 is 0 Å². The smallest absolute Gasteiger partial charge is 0.231 e. The molecule has 0 bridgehead atoms. The molecule has 1 rings (SSSR count). The third-order valence-corrected chi connectivity index (χ3v) is 2.18. The zero-order valence-corrected chi connectivity index (χ0v) is 10.7. The van der Waals surface area contributed by atoms with Gasteiger partial charge in [0, 0.05) is 33.8 Å². The number of hydrogen-bond acceptors (Lipinski definition) is 7. The zero-order valence-electron chi connectivity index (χ0n) is 10.7. The quantitative estimate of drug-likeness (QED) is 0.653. The molecule has 0 aromatic carbocycles. The van der Waals surface area contributed by atoms with Crippen molar-refractivity contribution in [1.82, 2.24) is 15.0 Å². The van der Waals surface area contributed by atoms with Crippen molar-refractivity contribution in [2.75, 3.05) is 43.3 Å². The second-order valence-electron chi connectivity index (χ2n) is 3.98. The Labute approximate surface area is 101 Å². The van der Waals surface area contributed by atoms with Crippen LogP contribution in [0.5, 0.6) is 0 Å². The lowest BCUT2D eigenvalue weighted by Crippen LogP contribution is -2.21. The minimum atomic E-state index is 0.113. The second kappa shape index (κ2) is 6.19. The summed E-state index contributed by atoms with van der Waals surface area (Å²) in [5.74, 6) is 1.61. The Kier molecular flexibility index (Phi) is 4.89. The molecule has 96 valence electrons. The fourth-order valence-corrected chi connectivity index (χ4v) is 1.23. The van der Waals surface area contributed by atoms with E-state index >= 15 is 0 Å². The molecule has 0 spiro atoms. The van der Waals surface area contributed by atoms with Crippen LogP contribution in [0.4, 0.5) is 17.8 Å². The van der Waals surface area contributed by atoms with Crippen LogP contribution in [0, 0.1) is 0 Å². The molecular formula is C10H20N6O. The number of aliphatic hydroxyl groups excluding tert-OH is 1. The predicted octanol–water partition coefficient (Wildman–Crippen LogP) is 0.162. The molecule has 3 N–H and O–H groups in total. The number of rotatable bonds is 6. The molecule has 0 fully saturated rings. The molecule has 0 saturated heterocycles. The number of aromatic nitrogens is 3. The summed E-state index contributed by atoms with van der Waals surface area (Å²) >= 11 is 0. The van der Waals surface area contributed by atoms with E-state index in [9.17, 15) is 0 Å². The van der Waals surface area contributed by atoms with Crippen LogP contribution in [0.2, 0.25) is 0 Å². The van der Waals surface area contributed by atoms with Gasteiger partial charge in [-0.15, -0.1) is 0 Å². The zero-order chi connectivity index (χ0) is 12.8. The Morgan fingerprint density at radius 1 is 1.24 bits per heavy atom. The number of hydrogen-bond donors (Lipinski definition) is 3.